The van der Waals surface area contributed by atoms with E-state index in [0.29, 0.717) is 12.1 Å². The van der Waals surface area contributed by atoms with Crippen LogP contribution in [0.4, 0.5) is 0 Å². The highest BCUT2D eigenvalue weighted by Crippen LogP contribution is 2.27. The number of amides is 1. The molecule has 1 amide bonds. The first-order chi connectivity index (χ1) is 17.2. The molecule has 0 radical (unpaired) electrons. The van der Waals surface area contributed by atoms with Crippen molar-refractivity contribution in [3.63, 3.8) is 0 Å². The van der Waals surface area contributed by atoms with Crippen molar-refractivity contribution in [1.29, 1.82) is 0 Å². The van der Waals surface area contributed by atoms with E-state index in [-0.39, 0.29) is 5.91 Å². The second-order valence-electron chi connectivity index (χ2n) is 9.12. The van der Waals surface area contributed by atoms with E-state index in [9.17, 15) is 4.79 Å². The number of carbonyl (C=O) groups is 1. The maximum absolute atomic E-state index is 12.5. The van der Waals surface area contributed by atoms with Gasteiger partial charge in [-0.1, -0.05) is 53.7 Å². The van der Waals surface area contributed by atoms with Crippen LogP contribution < -0.4 is 5.32 Å². The van der Waals surface area contributed by atoms with Crippen molar-refractivity contribution in [3.05, 3.63) is 89.2 Å². The minimum Gasteiger partial charge on any atom is -0.351 e. The molecule has 35 heavy (non-hydrogen) atoms. The molecule has 0 aliphatic carbocycles. The van der Waals surface area contributed by atoms with Gasteiger partial charge in [-0.15, -0.1) is 0 Å². The molecule has 1 saturated heterocycles. The lowest BCUT2D eigenvalue weighted by Gasteiger charge is -2.14. The van der Waals surface area contributed by atoms with Crippen LogP contribution in [0.3, 0.4) is 0 Å². The summed E-state index contributed by atoms with van der Waals surface area (Å²) in [5, 5.41) is 4.02. The molecule has 5 rings (SSSR count). The number of thioether (sulfide) groups is 1. The van der Waals surface area contributed by atoms with Gasteiger partial charge in [0.25, 0.3) is 5.91 Å². The van der Waals surface area contributed by atoms with Crippen molar-refractivity contribution in [2.45, 2.75) is 37.2 Å². The summed E-state index contributed by atoms with van der Waals surface area (Å²) in [5.41, 5.74) is 6.36. The van der Waals surface area contributed by atoms with Gasteiger partial charge >= 0.3 is 0 Å². The molecule has 0 unspecified atom stereocenters. The number of benzene rings is 2. The largest absolute Gasteiger partial charge is 0.351 e. The van der Waals surface area contributed by atoms with E-state index in [0.717, 1.165) is 53.7 Å². The van der Waals surface area contributed by atoms with Crippen LogP contribution in [0.2, 0.25) is 0 Å². The van der Waals surface area contributed by atoms with E-state index in [1.807, 2.05) is 36.5 Å². The van der Waals surface area contributed by atoms with Gasteiger partial charge in [0.15, 0.2) is 5.16 Å². The summed E-state index contributed by atoms with van der Waals surface area (Å²) in [4.78, 5) is 24.1. The average molecular weight is 486 g/mol. The quantitative estimate of drug-likeness (QED) is 0.342. The zero-order valence-corrected chi connectivity index (χ0v) is 20.9. The third-order valence-corrected chi connectivity index (χ3v) is 7.48. The normalized spacial score (nSPS) is 14.0. The average Bonchev–Trinajstić information content (AvgIpc) is 3.51. The van der Waals surface area contributed by atoms with E-state index < -0.39 is 0 Å². The van der Waals surface area contributed by atoms with Gasteiger partial charge in [-0.05, 0) is 62.2 Å². The first kappa shape index (κ1) is 23.6. The van der Waals surface area contributed by atoms with Gasteiger partial charge in [-0.25, -0.2) is 4.98 Å². The number of likely N-dealkylation sites (tertiary alicyclic amines) is 1. The molecule has 3 heterocycles. The Hall–Kier alpha value is -3.16. The van der Waals surface area contributed by atoms with E-state index in [1.54, 1.807) is 18.0 Å². The number of hydrogen-bond acceptors (Lipinski definition) is 5. The second kappa shape index (κ2) is 11.1. The van der Waals surface area contributed by atoms with Crippen LogP contribution in [0.5, 0.6) is 0 Å². The Morgan fingerprint density at radius 3 is 2.69 bits per heavy atom. The van der Waals surface area contributed by atoms with Crippen LogP contribution in [0.15, 0.2) is 72.1 Å². The highest BCUT2D eigenvalue weighted by Gasteiger charge is 2.14. The first-order valence-electron chi connectivity index (χ1n) is 12.2. The zero-order valence-electron chi connectivity index (χ0n) is 20.1. The Morgan fingerprint density at radius 1 is 1.06 bits per heavy atom. The molecule has 7 heteroatoms. The summed E-state index contributed by atoms with van der Waals surface area (Å²) in [7, 11) is 0. The van der Waals surface area contributed by atoms with Gasteiger partial charge in [0.1, 0.15) is 0 Å². The number of nitrogens with zero attached hydrogens (tertiary/aromatic N) is 4. The Morgan fingerprint density at radius 2 is 1.89 bits per heavy atom. The monoisotopic (exact) mass is 485 g/mol. The van der Waals surface area contributed by atoms with Crippen LogP contribution in [0.1, 0.15) is 39.9 Å². The number of rotatable bonds is 9. The number of aromatic nitrogens is 3. The third kappa shape index (κ3) is 5.92. The number of aryl methyl sites for hydroxylation is 1. The van der Waals surface area contributed by atoms with Crippen molar-refractivity contribution in [2.24, 2.45) is 0 Å². The fraction of sp³-hybridized carbons (Fsp3) is 0.321. The predicted octanol–water partition coefficient (Wildman–Crippen LogP) is 4.91. The second-order valence-corrected chi connectivity index (χ2v) is 10.1. The van der Waals surface area contributed by atoms with E-state index in [1.165, 1.54) is 24.0 Å². The lowest BCUT2D eigenvalue weighted by molar-refractivity contribution is 0.0949. The highest BCUT2D eigenvalue weighted by atomic mass is 32.2. The SMILES string of the molecule is Cc1cccc(Cn2c(SCc3ccc(C(=O)NCCN4CCCC4)cc3)nc3ccncc32)c1. The molecule has 0 spiro atoms. The fourth-order valence-corrected chi connectivity index (χ4v) is 5.51. The van der Waals surface area contributed by atoms with Gasteiger partial charge in [-0.3, -0.25) is 9.78 Å². The van der Waals surface area contributed by atoms with Crippen molar-refractivity contribution in [3.8, 4) is 0 Å². The summed E-state index contributed by atoms with van der Waals surface area (Å²) >= 11 is 1.71. The Balaban J connectivity index is 1.23. The van der Waals surface area contributed by atoms with Gasteiger partial charge in [0, 0.05) is 30.6 Å². The van der Waals surface area contributed by atoms with Crippen LogP contribution >= 0.6 is 11.8 Å². The summed E-state index contributed by atoms with van der Waals surface area (Å²) < 4.78 is 2.24. The van der Waals surface area contributed by atoms with Gasteiger partial charge in [-0.2, -0.15) is 0 Å². The topological polar surface area (TPSA) is 63.1 Å². The Bertz CT molecular complexity index is 1290. The summed E-state index contributed by atoms with van der Waals surface area (Å²) in [6, 6.07) is 18.5. The minimum atomic E-state index is -0.00385. The Kier molecular flexibility index (Phi) is 7.45. The van der Waals surface area contributed by atoms with E-state index in [4.69, 9.17) is 4.98 Å². The molecule has 1 N–H and O–H groups in total. The third-order valence-electron chi connectivity index (χ3n) is 6.44. The zero-order chi connectivity index (χ0) is 24.0. The molecule has 180 valence electrons. The van der Waals surface area contributed by atoms with Crippen molar-refractivity contribution in [1.82, 2.24) is 24.8 Å². The first-order valence-corrected chi connectivity index (χ1v) is 13.2. The van der Waals surface area contributed by atoms with Crippen molar-refractivity contribution < 1.29 is 4.79 Å². The van der Waals surface area contributed by atoms with E-state index >= 15 is 0 Å². The fourth-order valence-electron chi connectivity index (χ4n) is 4.54. The molecular weight excluding hydrogens is 454 g/mol. The molecule has 2 aromatic carbocycles. The van der Waals surface area contributed by atoms with Crippen molar-refractivity contribution in [2.75, 3.05) is 26.2 Å². The molecule has 4 aromatic rings. The summed E-state index contributed by atoms with van der Waals surface area (Å²) in [6.45, 7) is 6.80. The molecule has 0 saturated carbocycles. The molecular formula is C28H31N5OS. The number of nitrogens with one attached hydrogen (secondary N) is 1. The maximum Gasteiger partial charge on any atom is 0.251 e. The lowest BCUT2D eigenvalue weighted by Crippen LogP contribution is -2.33. The summed E-state index contributed by atoms with van der Waals surface area (Å²) in [5.74, 6) is 0.775. The van der Waals surface area contributed by atoms with Crippen LogP contribution in [-0.2, 0) is 12.3 Å². The molecule has 0 atom stereocenters. The number of carbonyl (C=O) groups excluding carboxylic acids is 1. The molecule has 1 fully saturated rings. The lowest BCUT2D eigenvalue weighted by atomic mass is 10.1. The number of hydrogen-bond donors (Lipinski definition) is 1. The summed E-state index contributed by atoms with van der Waals surface area (Å²) in [6.07, 6.45) is 6.22. The molecule has 2 aromatic heterocycles. The van der Waals surface area contributed by atoms with Gasteiger partial charge in [0.2, 0.25) is 0 Å². The molecule has 6 nitrogen and oxygen atoms in total. The molecule has 1 aliphatic rings. The number of fused-ring (bicyclic) bond motifs is 1. The Labute approximate surface area is 210 Å². The maximum atomic E-state index is 12.5. The van der Waals surface area contributed by atoms with Crippen LogP contribution in [0, 0.1) is 6.92 Å². The van der Waals surface area contributed by atoms with Gasteiger partial charge in [0.05, 0.1) is 23.8 Å². The predicted molar refractivity (Wildman–Crippen MR) is 142 cm³/mol. The van der Waals surface area contributed by atoms with Gasteiger partial charge < -0.3 is 14.8 Å². The van der Waals surface area contributed by atoms with E-state index in [2.05, 4.69) is 51.0 Å². The molecule has 0 bridgehead atoms. The van der Waals surface area contributed by atoms with Crippen LogP contribution in [0.25, 0.3) is 11.0 Å². The standard InChI is InChI=1S/C28H31N5OS/c1-21-5-4-6-23(17-21)19-33-26-18-29-12-11-25(26)31-28(33)35-20-22-7-9-24(10-8-22)27(34)30-13-16-32-14-2-3-15-32/h4-12,17-18H,2-3,13-16,19-20H2,1H3,(H,30,34). The number of imidazole rings is 1. The smallest absolute Gasteiger partial charge is 0.251 e. The number of pyridine rings is 1. The van der Waals surface area contributed by atoms with Crippen LogP contribution in [-0.4, -0.2) is 51.5 Å². The molecule has 1 aliphatic heterocycles. The minimum absolute atomic E-state index is 0.00385. The highest BCUT2D eigenvalue weighted by molar-refractivity contribution is 7.98. The van der Waals surface area contributed by atoms with Crippen molar-refractivity contribution >= 4 is 28.7 Å².